The smallest absolute Gasteiger partial charge is 0.147 e. The summed E-state index contributed by atoms with van der Waals surface area (Å²) in [6.07, 6.45) is 3.59. The molecule has 1 fully saturated rings. The van der Waals surface area contributed by atoms with E-state index in [1.165, 1.54) is 16.5 Å². The fourth-order valence-electron chi connectivity index (χ4n) is 2.31. The van der Waals surface area contributed by atoms with Crippen LogP contribution in [0.1, 0.15) is 6.92 Å². The van der Waals surface area contributed by atoms with Crippen LogP contribution < -0.4 is 10.6 Å². The van der Waals surface area contributed by atoms with E-state index in [0.717, 1.165) is 29.2 Å². The third-order valence-electron chi connectivity index (χ3n) is 3.30. The maximum atomic E-state index is 6.07. The Hall–Kier alpha value is -1.27. The van der Waals surface area contributed by atoms with Crippen molar-refractivity contribution in [1.29, 1.82) is 0 Å². The maximum Gasteiger partial charge on any atom is 0.147 e. The Balaban J connectivity index is 2.03. The van der Waals surface area contributed by atoms with Crippen LogP contribution in [0.15, 0.2) is 24.5 Å². The lowest BCUT2D eigenvalue weighted by atomic mass is 10.1. The van der Waals surface area contributed by atoms with Crippen LogP contribution >= 0.6 is 23.3 Å². The minimum Gasteiger partial charge on any atom is -0.382 e. The summed E-state index contributed by atoms with van der Waals surface area (Å²) in [5.41, 5.74) is 8.23. The molecule has 0 radical (unpaired) electrons. The zero-order valence-corrected chi connectivity index (χ0v) is 12.4. The molecule has 1 aliphatic heterocycles. The number of nitrogens with zero attached hydrogens (tertiary/aromatic N) is 3. The molecule has 3 rings (SSSR count). The first-order chi connectivity index (χ1) is 9.27. The van der Waals surface area contributed by atoms with Crippen LogP contribution in [0.2, 0.25) is 0 Å². The summed E-state index contributed by atoms with van der Waals surface area (Å²) in [7, 11) is 0. The van der Waals surface area contributed by atoms with Gasteiger partial charge in [-0.1, -0.05) is 0 Å². The summed E-state index contributed by atoms with van der Waals surface area (Å²) in [6.45, 7) is 3.32. The Morgan fingerprint density at radius 3 is 2.89 bits per heavy atom. The van der Waals surface area contributed by atoms with E-state index >= 15 is 0 Å². The maximum absolute atomic E-state index is 6.07. The molecular formula is C13H16N4S2. The predicted molar refractivity (Wildman–Crippen MR) is 83.9 cm³/mol. The largest absolute Gasteiger partial charge is 0.382 e. The van der Waals surface area contributed by atoms with Gasteiger partial charge in [0.2, 0.25) is 0 Å². The predicted octanol–water partition coefficient (Wildman–Crippen LogP) is 2.73. The Kier molecular flexibility index (Phi) is 3.61. The van der Waals surface area contributed by atoms with Crippen molar-refractivity contribution in [2.45, 2.75) is 13.0 Å². The highest BCUT2D eigenvalue weighted by molar-refractivity contribution is 7.99. The quantitative estimate of drug-likeness (QED) is 0.922. The lowest BCUT2D eigenvalue weighted by Crippen LogP contribution is -2.40. The first-order valence-electron chi connectivity index (χ1n) is 6.27. The molecule has 2 N–H and O–H groups in total. The van der Waals surface area contributed by atoms with Crippen molar-refractivity contribution in [1.82, 2.24) is 9.36 Å². The van der Waals surface area contributed by atoms with Gasteiger partial charge in [0.1, 0.15) is 10.8 Å². The Labute approximate surface area is 121 Å². The Bertz CT molecular complexity index is 555. The number of nitrogen functional groups attached to an aromatic ring is 1. The van der Waals surface area contributed by atoms with Crippen molar-refractivity contribution in [3.05, 3.63) is 24.5 Å². The van der Waals surface area contributed by atoms with Gasteiger partial charge in [0.15, 0.2) is 0 Å². The molecule has 19 heavy (non-hydrogen) atoms. The summed E-state index contributed by atoms with van der Waals surface area (Å²) in [5, 5.41) is 1.19. The van der Waals surface area contributed by atoms with Crippen molar-refractivity contribution in [3.63, 3.8) is 0 Å². The molecule has 1 atom stereocenters. The number of hydrogen-bond acceptors (Lipinski definition) is 6. The normalized spacial score (nSPS) is 19.6. The Morgan fingerprint density at radius 1 is 1.37 bits per heavy atom. The van der Waals surface area contributed by atoms with Gasteiger partial charge in [0, 0.05) is 36.5 Å². The van der Waals surface area contributed by atoms with Crippen molar-refractivity contribution < 1.29 is 0 Å². The molecule has 0 bridgehead atoms. The van der Waals surface area contributed by atoms with Gasteiger partial charge in [-0.3, -0.25) is 4.98 Å². The van der Waals surface area contributed by atoms with Crippen molar-refractivity contribution >= 4 is 34.1 Å². The van der Waals surface area contributed by atoms with Gasteiger partial charge in [-0.25, -0.2) is 0 Å². The van der Waals surface area contributed by atoms with Gasteiger partial charge >= 0.3 is 0 Å². The van der Waals surface area contributed by atoms with Crippen LogP contribution in [-0.2, 0) is 0 Å². The fraction of sp³-hybridized carbons (Fsp3) is 0.385. The van der Waals surface area contributed by atoms with Crippen LogP contribution in [0.4, 0.5) is 10.8 Å². The summed E-state index contributed by atoms with van der Waals surface area (Å²) in [4.78, 5) is 6.50. The molecule has 6 heteroatoms. The Morgan fingerprint density at radius 2 is 2.16 bits per heavy atom. The second kappa shape index (κ2) is 5.38. The highest BCUT2D eigenvalue weighted by atomic mass is 32.2. The number of aromatic nitrogens is 2. The van der Waals surface area contributed by atoms with E-state index in [-0.39, 0.29) is 0 Å². The molecule has 0 saturated carbocycles. The minimum absolute atomic E-state index is 0.527. The van der Waals surface area contributed by atoms with Gasteiger partial charge in [-0.2, -0.15) is 16.1 Å². The highest BCUT2D eigenvalue weighted by Crippen LogP contribution is 2.40. The number of anilines is 2. The third kappa shape index (κ3) is 2.42. The molecular weight excluding hydrogens is 276 g/mol. The van der Waals surface area contributed by atoms with E-state index in [2.05, 4.69) is 21.2 Å². The first-order valence-corrected chi connectivity index (χ1v) is 8.20. The van der Waals surface area contributed by atoms with Crippen LogP contribution in [0.25, 0.3) is 11.1 Å². The number of nitrogens with two attached hydrogens (primary N) is 1. The summed E-state index contributed by atoms with van der Waals surface area (Å²) in [5.74, 6) is 2.95. The lowest BCUT2D eigenvalue weighted by molar-refractivity contribution is 0.706. The molecule has 2 aromatic heterocycles. The van der Waals surface area contributed by atoms with E-state index in [4.69, 9.17) is 5.73 Å². The van der Waals surface area contributed by atoms with Crippen LogP contribution in [0.5, 0.6) is 0 Å². The minimum atomic E-state index is 0.527. The zero-order chi connectivity index (χ0) is 13.2. The van der Waals surface area contributed by atoms with Gasteiger partial charge in [0.05, 0.1) is 5.56 Å². The fourth-order valence-corrected chi connectivity index (χ4v) is 4.29. The summed E-state index contributed by atoms with van der Waals surface area (Å²) < 4.78 is 4.35. The number of hydrogen-bond donors (Lipinski definition) is 1. The second-order valence-corrected chi connectivity index (χ2v) is 6.50. The molecule has 1 unspecified atom stereocenters. The summed E-state index contributed by atoms with van der Waals surface area (Å²) in [6, 6.07) is 4.51. The molecule has 100 valence electrons. The van der Waals surface area contributed by atoms with Crippen molar-refractivity contribution in [2.24, 2.45) is 0 Å². The monoisotopic (exact) mass is 292 g/mol. The van der Waals surface area contributed by atoms with E-state index in [9.17, 15) is 0 Å². The standard InChI is InChI=1S/C13H16N4S2/c1-9-8-18-7-6-17(9)13-11(12(14)16-19-13)10-2-4-15-5-3-10/h2-5,9H,6-8H2,1H3,(H2,14,16). The van der Waals surface area contributed by atoms with Gasteiger partial charge in [-0.05, 0) is 36.2 Å². The molecule has 1 aliphatic rings. The molecule has 0 aliphatic carbocycles. The van der Waals surface area contributed by atoms with Crippen LogP contribution in [0.3, 0.4) is 0 Å². The molecule has 2 aromatic rings. The highest BCUT2D eigenvalue weighted by Gasteiger charge is 2.25. The van der Waals surface area contributed by atoms with E-state index in [1.54, 1.807) is 12.4 Å². The molecule has 0 aromatic carbocycles. The molecule has 1 saturated heterocycles. The SMILES string of the molecule is CC1CSCCN1c1snc(N)c1-c1ccncc1. The van der Waals surface area contributed by atoms with Crippen LogP contribution in [-0.4, -0.2) is 33.4 Å². The number of pyridine rings is 1. The van der Waals surface area contributed by atoms with Gasteiger partial charge in [-0.15, -0.1) is 0 Å². The third-order valence-corrected chi connectivity index (χ3v) is 5.39. The lowest BCUT2D eigenvalue weighted by Gasteiger charge is -2.34. The zero-order valence-electron chi connectivity index (χ0n) is 10.7. The summed E-state index contributed by atoms with van der Waals surface area (Å²) >= 11 is 3.51. The topological polar surface area (TPSA) is 55.0 Å². The van der Waals surface area contributed by atoms with Crippen molar-refractivity contribution in [3.8, 4) is 11.1 Å². The van der Waals surface area contributed by atoms with E-state index in [0.29, 0.717) is 11.9 Å². The van der Waals surface area contributed by atoms with Gasteiger partial charge in [0.25, 0.3) is 0 Å². The molecule has 0 amide bonds. The van der Waals surface area contributed by atoms with Crippen molar-refractivity contribution in [2.75, 3.05) is 28.7 Å². The molecule has 3 heterocycles. The van der Waals surface area contributed by atoms with E-state index in [1.807, 2.05) is 23.9 Å². The average molecular weight is 292 g/mol. The first kappa shape index (κ1) is 12.7. The van der Waals surface area contributed by atoms with Crippen LogP contribution in [0, 0.1) is 0 Å². The number of thioether (sulfide) groups is 1. The average Bonchev–Trinajstić information content (AvgIpc) is 2.82. The molecule has 4 nitrogen and oxygen atoms in total. The molecule has 0 spiro atoms. The van der Waals surface area contributed by atoms with E-state index < -0.39 is 0 Å². The second-order valence-electron chi connectivity index (χ2n) is 4.60. The number of rotatable bonds is 2. The van der Waals surface area contributed by atoms with Gasteiger partial charge < -0.3 is 10.6 Å².